The van der Waals surface area contributed by atoms with Gasteiger partial charge in [-0.2, -0.15) is 18.3 Å². The number of pyridine rings is 1. The van der Waals surface area contributed by atoms with Crippen molar-refractivity contribution in [1.29, 1.82) is 0 Å². The van der Waals surface area contributed by atoms with Gasteiger partial charge in [0.15, 0.2) is 5.69 Å². The van der Waals surface area contributed by atoms with Crippen molar-refractivity contribution in [2.45, 2.75) is 19.3 Å². The molecule has 31 heavy (non-hydrogen) atoms. The molecule has 0 spiro atoms. The molecule has 160 valence electrons. The summed E-state index contributed by atoms with van der Waals surface area (Å²) in [6.45, 7) is -0.424. The maximum Gasteiger partial charge on any atom is 0.435 e. The van der Waals surface area contributed by atoms with Gasteiger partial charge in [0.2, 0.25) is 0 Å². The van der Waals surface area contributed by atoms with Crippen molar-refractivity contribution in [3.8, 4) is 5.69 Å². The average molecular weight is 430 g/mol. The summed E-state index contributed by atoms with van der Waals surface area (Å²) in [5.74, 6) is 0. The molecule has 0 fully saturated rings. The number of hydrogen-bond donors (Lipinski definition) is 4. The number of alkyl halides is 3. The number of amides is 2. The maximum atomic E-state index is 13.2. The van der Waals surface area contributed by atoms with E-state index in [0.717, 1.165) is 21.7 Å². The Kier molecular flexibility index (Phi) is 5.34. The third-order valence-electron chi connectivity index (χ3n) is 4.53. The van der Waals surface area contributed by atoms with Gasteiger partial charge in [-0.1, -0.05) is 6.07 Å². The number of aliphatic hydroxyl groups excluding tert-OH is 1. The Hall–Kier alpha value is -3.86. The predicted octanol–water partition coefficient (Wildman–Crippen LogP) is 3.58. The number of aliphatic hydroxyl groups is 1. The average Bonchev–Trinajstić information content (AvgIpc) is 3.39. The third kappa shape index (κ3) is 4.51. The molecule has 0 unspecified atom stereocenters. The lowest BCUT2D eigenvalue weighted by atomic mass is 10.2. The van der Waals surface area contributed by atoms with E-state index in [1.807, 2.05) is 6.07 Å². The minimum atomic E-state index is -4.63. The van der Waals surface area contributed by atoms with E-state index in [1.54, 1.807) is 30.5 Å². The van der Waals surface area contributed by atoms with Gasteiger partial charge in [0, 0.05) is 11.7 Å². The molecule has 4 rings (SSSR count). The standard InChI is InChI=1S/C20H17F3N6O2/c21-20(22,23)18-8-16(10-26-19(31)27-13-2-3-14(11-30)25-9-13)29(28-18)15-4-1-12-5-6-24-17(12)7-15/h1-9,24,30H,10-11H2,(H2,26,27,31). The van der Waals surface area contributed by atoms with Crippen molar-refractivity contribution in [2.24, 2.45) is 0 Å². The van der Waals surface area contributed by atoms with E-state index in [0.29, 0.717) is 17.1 Å². The zero-order valence-corrected chi connectivity index (χ0v) is 15.9. The molecule has 0 aliphatic heterocycles. The van der Waals surface area contributed by atoms with Gasteiger partial charge in [0.25, 0.3) is 0 Å². The quantitative estimate of drug-likeness (QED) is 0.388. The number of nitrogens with one attached hydrogen (secondary N) is 3. The Labute approximate surface area is 173 Å². The van der Waals surface area contributed by atoms with Gasteiger partial charge in [-0.15, -0.1) is 0 Å². The minimum absolute atomic E-state index is 0.155. The fraction of sp³-hybridized carbons (Fsp3) is 0.150. The predicted molar refractivity (Wildman–Crippen MR) is 106 cm³/mol. The number of rotatable bonds is 5. The minimum Gasteiger partial charge on any atom is -0.390 e. The zero-order chi connectivity index (χ0) is 22.0. The Balaban J connectivity index is 1.54. The first-order valence-corrected chi connectivity index (χ1v) is 9.18. The number of anilines is 1. The second kappa shape index (κ2) is 8.11. The molecule has 0 aliphatic rings. The van der Waals surface area contributed by atoms with E-state index >= 15 is 0 Å². The van der Waals surface area contributed by atoms with Crippen LogP contribution in [0.1, 0.15) is 17.1 Å². The van der Waals surface area contributed by atoms with Crippen LogP contribution in [0.25, 0.3) is 16.6 Å². The zero-order valence-electron chi connectivity index (χ0n) is 15.9. The molecule has 8 nitrogen and oxygen atoms in total. The molecule has 0 bridgehead atoms. The van der Waals surface area contributed by atoms with Crippen LogP contribution in [0.4, 0.5) is 23.7 Å². The molecule has 0 atom stereocenters. The van der Waals surface area contributed by atoms with Crippen LogP contribution in [0.5, 0.6) is 0 Å². The van der Waals surface area contributed by atoms with E-state index < -0.39 is 17.9 Å². The summed E-state index contributed by atoms with van der Waals surface area (Å²) in [7, 11) is 0. The molecule has 0 aliphatic carbocycles. The lowest BCUT2D eigenvalue weighted by molar-refractivity contribution is -0.141. The molecule has 2 amide bonds. The van der Waals surface area contributed by atoms with Gasteiger partial charge in [-0.3, -0.25) is 4.98 Å². The molecule has 4 aromatic rings. The van der Waals surface area contributed by atoms with Gasteiger partial charge >= 0.3 is 12.2 Å². The van der Waals surface area contributed by atoms with Crippen LogP contribution in [-0.2, 0) is 19.3 Å². The van der Waals surface area contributed by atoms with Gasteiger partial charge in [0.1, 0.15) is 0 Å². The van der Waals surface area contributed by atoms with Crippen molar-refractivity contribution >= 4 is 22.6 Å². The van der Waals surface area contributed by atoms with Crippen LogP contribution in [0.2, 0.25) is 0 Å². The van der Waals surface area contributed by atoms with Crippen LogP contribution in [0, 0.1) is 0 Å². The van der Waals surface area contributed by atoms with Crippen LogP contribution < -0.4 is 10.6 Å². The van der Waals surface area contributed by atoms with E-state index in [-0.39, 0.29) is 18.8 Å². The van der Waals surface area contributed by atoms with Gasteiger partial charge in [0.05, 0.1) is 42.1 Å². The summed E-state index contributed by atoms with van der Waals surface area (Å²) < 4.78 is 40.9. The number of urea groups is 1. The first-order chi connectivity index (χ1) is 14.8. The summed E-state index contributed by atoms with van der Waals surface area (Å²) in [5, 5.41) is 18.6. The number of aromatic amines is 1. The van der Waals surface area contributed by atoms with E-state index in [1.165, 1.54) is 12.3 Å². The normalized spacial score (nSPS) is 11.6. The third-order valence-corrected chi connectivity index (χ3v) is 4.53. The number of carbonyl (C=O) groups excluding carboxylic acids is 1. The first kappa shape index (κ1) is 20.4. The SMILES string of the molecule is O=C(NCc1cc(C(F)(F)F)nn1-c1ccc2cc[nH]c2c1)Nc1ccc(CO)nc1. The largest absolute Gasteiger partial charge is 0.435 e. The fourth-order valence-electron chi connectivity index (χ4n) is 3.01. The van der Waals surface area contributed by atoms with Gasteiger partial charge < -0.3 is 20.7 Å². The Bertz CT molecular complexity index is 1210. The van der Waals surface area contributed by atoms with Crippen LogP contribution >= 0.6 is 0 Å². The molecule has 0 saturated heterocycles. The number of halogens is 3. The van der Waals surface area contributed by atoms with Crippen LogP contribution in [0.3, 0.4) is 0 Å². The van der Waals surface area contributed by atoms with Crippen LogP contribution in [-0.4, -0.2) is 30.9 Å². The number of benzene rings is 1. The van der Waals surface area contributed by atoms with Crippen molar-refractivity contribution in [2.75, 3.05) is 5.32 Å². The highest BCUT2D eigenvalue weighted by Crippen LogP contribution is 2.30. The Morgan fingerprint density at radius 2 is 2.00 bits per heavy atom. The van der Waals surface area contributed by atoms with Crippen molar-refractivity contribution < 1.29 is 23.1 Å². The van der Waals surface area contributed by atoms with Crippen molar-refractivity contribution in [3.63, 3.8) is 0 Å². The second-order valence-electron chi connectivity index (χ2n) is 6.68. The Morgan fingerprint density at radius 1 is 1.16 bits per heavy atom. The molecule has 4 N–H and O–H groups in total. The summed E-state index contributed by atoms with van der Waals surface area (Å²) in [5.41, 5.74) is 1.08. The molecule has 3 aromatic heterocycles. The number of hydrogen-bond acceptors (Lipinski definition) is 4. The van der Waals surface area contributed by atoms with Crippen LogP contribution in [0.15, 0.2) is 54.9 Å². The van der Waals surface area contributed by atoms with E-state index in [4.69, 9.17) is 5.11 Å². The fourth-order valence-corrected chi connectivity index (χ4v) is 3.01. The molecule has 3 heterocycles. The van der Waals surface area contributed by atoms with Crippen molar-refractivity contribution in [3.05, 3.63) is 71.9 Å². The number of aromatic nitrogens is 4. The molecular weight excluding hydrogens is 413 g/mol. The summed E-state index contributed by atoms with van der Waals surface area (Å²) in [6.07, 6.45) is -1.53. The smallest absolute Gasteiger partial charge is 0.390 e. The lowest BCUT2D eigenvalue weighted by Crippen LogP contribution is -2.29. The van der Waals surface area contributed by atoms with Gasteiger partial charge in [-0.25, -0.2) is 9.48 Å². The maximum absolute atomic E-state index is 13.2. The summed E-state index contributed by atoms with van der Waals surface area (Å²) >= 11 is 0. The highest BCUT2D eigenvalue weighted by atomic mass is 19.4. The molecule has 1 aromatic carbocycles. The van der Waals surface area contributed by atoms with E-state index in [2.05, 4.69) is 25.7 Å². The number of fused-ring (bicyclic) bond motifs is 1. The van der Waals surface area contributed by atoms with Crippen molar-refractivity contribution in [1.82, 2.24) is 25.1 Å². The molecule has 0 radical (unpaired) electrons. The molecule has 0 saturated carbocycles. The monoisotopic (exact) mass is 430 g/mol. The van der Waals surface area contributed by atoms with Gasteiger partial charge in [-0.05, 0) is 41.8 Å². The topological polar surface area (TPSA) is 108 Å². The van der Waals surface area contributed by atoms with E-state index in [9.17, 15) is 18.0 Å². The summed E-state index contributed by atoms with van der Waals surface area (Å²) in [4.78, 5) is 19.1. The highest BCUT2D eigenvalue weighted by Gasteiger charge is 2.35. The summed E-state index contributed by atoms with van der Waals surface area (Å²) in [6, 6.07) is 10.3. The second-order valence-corrected chi connectivity index (χ2v) is 6.68. The number of carbonyl (C=O) groups is 1. The number of H-pyrrole nitrogens is 1. The highest BCUT2D eigenvalue weighted by molar-refractivity contribution is 5.89. The first-order valence-electron chi connectivity index (χ1n) is 9.18. The Morgan fingerprint density at radius 3 is 2.71 bits per heavy atom. The molecule has 11 heteroatoms. The number of nitrogens with zero attached hydrogens (tertiary/aromatic N) is 3. The molecular formula is C20H17F3N6O2. The lowest BCUT2D eigenvalue weighted by Gasteiger charge is -2.10.